The molecule has 1 saturated heterocycles. The Hall–Kier alpha value is -1.14. The second-order valence-electron chi connectivity index (χ2n) is 4.65. The highest BCUT2D eigenvalue weighted by Crippen LogP contribution is 2.07. The van der Waals surface area contributed by atoms with Crippen LogP contribution in [0.3, 0.4) is 0 Å². The number of ether oxygens (including phenoxy) is 1. The summed E-state index contributed by atoms with van der Waals surface area (Å²) >= 11 is 0. The highest BCUT2D eigenvalue weighted by molar-refractivity contribution is 6.01. The minimum absolute atomic E-state index is 0.0175. The fraction of sp³-hybridized carbons (Fsp3) is 0.833. The zero-order valence-corrected chi connectivity index (χ0v) is 11.1. The van der Waals surface area contributed by atoms with Crippen LogP contribution in [0.5, 0.6) is 0 Å². The van der Waals surface area contributed by atoms with Crippen LogP contribution in [0.4, 0.5) is 0 Å². The molecule has 2 atom stereocenters. The molecule has 0 aromatic heterocycles. The lowest BCUT2D eigenvalue weighted by molar-refractivity contribution is -0.148. The third kappa shape index (κ3) is 4.62. The normalized spacial score (nSPS) is 19.3. The molecule has 0 aliphatic carbocycles. The van der Waals surface area contributed by atoms with Crippen molar-refractivity contribution in [3.8, 4) is 0 Å². The third-order valence-corrected chi connectivity index (χ3v) is 2.94. The second kappa shape index (κ2) is 7.33. The number of rotatable bonds is 6. The van der Waals surface area contributed by atoms with Gasteiger partial charge in [-0.1, -0.05) is 0 Å². The minimum atomic E-state index is -1.23. The number of nitrogens with zero attached hydrogens (tertiary/aromatic N) is 1. The number of carbonyl (C=O) groups is 2. The van der Waals surface area contributed by atoms with Crippen LogP contribution in [0.25, 0.3) is 0 Å². The van der Waals surface area contributed by atoms with Gasteiger partial charge in [-0.3, -0.25) is 4.79 Å². The third-order valence-electron chi connectivity index (χ3n) is 2.94. The van der Waals surface area contributed by atoms with Crippen molar-refractivity contribution in [1.29, 1.82) is 0 Å². The molecule has 0 bridgehead atoms. The molecule has 3 N–H and O–H groups in total. The molecule has 6 heteroatoms. The number of carbonyl (C=O) groups excluding carboxylic acids is 2. The van der Waals surface area contributed by atoms with Crippen molar-refractivity contribution >= 4 is 11.9 Å². The van der Waals surface area contributed by atoms with Gasteiger partial charge in [-0.15, -0.1) is 0 Å². The monoisotopic (exact) mass is 257 g/mol. The summed E-state index contributed by atoms with van der Waals surface area (Å²) in [6.45, 7) is 6.76. The van der Waals surface area contributed by atoms with Gasteiger partial charge in [0, 0.05) is 12.6 Å². The molecule has 0 spiro atoms. The zero-order valence-electron chi connectivity index (χ0n) is 11.1. The standard InChI is InChI=1S/C12H23N3O3/c1-3-18-12(17)10(13)11(16)14-9(2)8-15-6-4-5-7-15/h9-10H,3-8,13H2,1-2H3,(H,14,16). The van der Waals surface area contributed by atoms with E-state index in [4.69, 9.17) is 10.5 Å². The summed E-state index contributed by atoms with van der Waals surface area (Å²) < 4.78 is 4.70. The molecule has 0 saturated carbocycles. The van der Waals surface area contributed by atoms with Crippen molar-refractivity contribution < 1.29 is 14.3 Å². The average molecular weight is 257 g/mol. The number of likely N-dealkylation sites (tertiary alicyclic amines) is 1. The Morgan fingerprint density at radius 1 is 1.39 bits per heavy atom. The summed E-state index contributed by atoms with van der Waals surface area (Å²) in [7, 11) is 0. The lowest BCUT2D eigenvalue weighted by Crippen LogP contribution is -2.51. The molecule has 0 aromatic carbocycles. The lowest BCUT2D eigenvalue weighted by Gasteiger charge is -2.22. The van der Waals surface area contributed by atoms with Gasteiger partial charge >= 0.3 is 5.97 Å². The van der Waals surface area contributed by atoms with Gasteiger partial charge in [0.1, 0.15) is 0 Å². The van der Waals surface area contributed by atoms with Gasteiger partial charge in [0.15, 0.2) is 6.04 Å². The molecule has 1 amide bonds. The van der Waals surface area contributed by atoms with Crippen LogP contribution in [-0.4, -0.2) is 55.1 Å². The summed E-state index contributed by atoms with van der Waals surface area (Å²) in [5.41, 5.74) is 5.50. The predicted octanol–water partition coefficient (Wildman–Crippen LogP) is -0.523. The van der Waals surface area contributed by atoms with Gasteiger partial charge in [0.2, 0.25) is 5.91 Å². The first-order chi connectivity index (χ1) is 8.54. The summed E-state index contributed by atoms with van der Waals surface area (Å²) in [4.78, 5) is 25.3. The molecule has 2 unspecified atom stereocenters. The van der Waals surface area contributed by atoms with E-state index in [1.807, 2.05) is 6.92 Å². The maximum absolute atomic E-state index is 11.7. The Morgan fingerprint density at radius 2 is 2.00 bits per heavy atom. The SMILES string of the molecule is CCOC(=O)C(N)C(=O)NC(C)CN1CCCC1. The number of amides is 1. The summed E-state index contributed by atoms with van der Waals surface area (Å²) in [5.74, 6) is -1.15. The van der Waals surface area contributed by atoms with Crippen molar-refractivity contribution in [3.63, 3.8) is 0 Å². The van der Waals surface area contributed by atoms with E-state index in [-0.39, 0.29) is 12.6 Å². The van der Waals surface area contributed by atoms with E-state index in [0.29, 0.717) is 0 Å². The van der Waals surface area contributed by atoms with Gasteiger partial charge in [0.25, 0.3) is 0 Å². The topological polar surface area (TPSA) is 84.7 Å². The van der Waals surface area contributed by atoms with Crippen LogP contribution in [0.2, 0.25) is 0 Å². The van der Waals surface area contributed by atoms with Crippen LogP contribution < -0.4 is 11.1 Å². The van der Waals surface area contributed by atoms with Crippen LogP contribution in [0, 0.1) is 0 Å². The van der Waals surface area contributed by atoms with Crippen LogP contribution in [-0.2, 0) is 14.3 Å². The summed E-state index contributed by atoms with van der Waals surface area (Å²) in [5, 5.41) is 2.74. The molecule has 104 valence electrons. The van der Waals surface area contributed by atoms with Gasteiger partial charge in [0.05, 0.1) is 6.61 Å². The van der Waals surface area contributed by atoms with E-state index < -0.39 is 17.9 Å². The molecule has 1 fully saturated rings. The number of nitrogens with two attached hydrogens (primary N) is 1. The van der Waals surface area contributed by atoms with Crippen molar-refractivity contribution in [2.45, 2.75) is 38.8 Å². The first-order valence-electron chi connectivity index (χ1n) is 6.49. The second-order valence-corrected chi connectivity index (χ2v) is 4.65. The maximum atomic E-state index is 11.7. The molecule has 1 heterocycles. The molecule has 6 nitrogen and oxygen atoms in total. The maximum Gasteiger partial charge on any atom is 0.332 e. The molecule has 18 heavy (non-hydrogen) atoms. The summed E-state index contributed by atoms with van der Waals surface area (Å²) in [6.07, 6.45) is 2.42. The van der Waals surface area contributed by atoms with E-state index in [1.54, 1.807) is 6.92 Å². The van der Waals surface area contributed by atoms with Crippen LogP contribution in [0.15, 0.2) is 0 Å². The first-order valence-corrected chi connectivity index (χ1v) is 6.49. The highest BCUT2D eigenvalue weighted by atomic mass is 16.5. The molecular weight excluding hydrogens is 234 g/mol. The molecule has 1 rings (SSSR count). The Balaban J connectivity index is 2.31. The lowest BCUT2D eigenvalue weighted by atomic mass is 10.2. The molecule has 1 aliphatic rings. The van der Waals surface area contributed by atoms with E-state index in [0.717, 1.165) is 19.6 Å². The molecule has 1 aliphatic heterocycles. The Bertz CT molecular complexity index is 290. The Morgan fingerprint density at radius 3 is 2.56 bits per heavy atom. The van der Waals surface area contributed by atoms with E-state index >= 15 is 0 Å². The van der Waals surface area contributed by atoms with Gasteiger partial charge in [-0.25, -0.2) is 4.79 Å². The Labute approximate surface area is 108 Å². The van der Waals surface area contributed by atoms with Crippen LogP contribution >= 0.6 is 0 Å². The zero-order chi connectivity index (χ0) is 13.5. The first kappa shape index (κ1) is 14.9. The van der Waals surface area contributed by atoms with E-state index in [9.17, 15) is 9.59 Å². The van der Waals surface area contributed by atoms with Crippen molar-refractivity contribution in [2.75, 3.05) is 26.2 Å². The van der Waals surface area contributed by atoms with Gasteiger partial charge in [-0.2, -0.15) is 0 Å². The predicted molar refractivity (Wildman–Crippen MR) is 67.9 cm³/mol. The number of hydrogen-bond acceptors (Lipinski definition) is 5. The van der Waals surface area contributed by atoms with Gasteiger partial charge in [-0.05, 0) is 39.8 Å². The van der Waals surface area contributed by atoms with E-state index in [2.05, 4.69) is 10.2 Å². The average Bonchev–Trinajstić information content (AvgIpc) is 2.80. The largest absolute Gasteiger partial charge is 0.464 e. The molecule has 0 aromatic rings. The molecule has 0 radical (unpaired) electrons. The smallest absolute Gasteiger partial charge is 0.332 e. The Kier molecular flexibility index (Phi) is 6.07. The quantitative estimate of drug-likeness (QED) is 0.494. The van der Waals surface area contributed by atoms with Crippen molar-refractivity contribution in [3.05, 3.63) is 0 Å². The van der Waals surface area contributed by atoms with Crippen LogP contribution in [0.1, 0.15) is 26.7 Å². The number of hydrogen-bond donors (Lipinski definition) is 2. The fourth-order valence-electron chi connectivity index (χ4n) is 2.07. The fourth-order valence-corrected chi connectivity index (χ4v) is 2.07. The molecular formula is C12H23N3O3. The number of nitrogens with one attached hydrogen (secondary N) is 1. The number of esters is 1. The highest BCUT2D eigenvalue weighted by Gasteiger charge is 2.25. The minimum Gasteiger partial charge on any atom is -0.464 e. The van der Waals surface area contributed by atoms with E-state index in [1.165, 1.54) is 12.8 Å². The van der Waals surface area contributed by atoms with Crippen molar-refractivity contribution in [2.24, 2.45) is 5.73 Å². The summed E-state index contributed by atoms with van der Waals surface area (Å²) in [6, 6.07) is -1.25. The van der Waals surface area contributed by atoms with Gasteiger partial charge < -0.3 is 20.7 Å². The van der Waals surface area contributed by atoms with Crippen molar-refractivity contribution in [1.82, 2.24) is 10.2 Å².